The number of aliphatic hydroxyl groups excluding tert-OH is 15. The Labute approximate surface area is 846 Å². The topological polar surface area (TPSA) is 690 Å². The fourth-order valence-corrected chi connectivity index (χ4v) is 18.8. The molecule has 5 amide bonds. The van der Waals surface area contributed by atoms with Crippen molar-refractivity contribution in [3.63, 3.8) is 0 Å². The summed E-state index contributed by atoms with van der Waals surface area (Å²) in [7, 11) is 0. The molecule has 11 bridgehead atoms. The number of benzene rings is 7. The molecule has 0 aromatic heterocycles. The zero-order chi connectivity index (χ0) is 106. The minimum absolute atomic E-state index is 0.0113. The first-order valence-corrected chi connectivity index (χ1v) is 48.2. The Hall–Kier alpha value is -10.8. The second-order valence-corrected chi connectivity index (χ2v) is 38.7. The number of Topliss-reactive ketones (excluding diaryl/α,β-unsaturated/α-hetero) is 3. The maximum absolute atomic E-state index is 16.6. The third-order valence-electron chi connectivity index (χ3n) is 26.6. The third-order valence-corrected chi connectivity index (χ3v) is 27.5. The number of nitrogens with one attached hydrogen (secondary N) is 6. The molecular formula is C100H122Cl3N7O35. The number of unbranched alkanes of at least 4 members (excludes halogenated alkanes) is 1. The molecule has 0 radical (unpaired) electrons. The van der Waals surface area contributed by atoms with E-state index in [9.17, 15) is 106 Å². The van der Waals surface area contributed by atoms with E-state index in [4.69, 9.17) is 83.5 Å². The van der Waals surface area contributed by atoms with Gasteiger partial charge in [-0.1, -0.05) is 110 Å². The van der Waals surface area contributed by atoms with Gasteiger partial charge in [-0.15, -0.1) is 0 Å². The van der Waals surface area contributed by atoms with Crippen LogP contribution in [0.5, 0.6) is 46.0 Å². The molecule has 8 aliphatic rings. The Kier molecular flexibility index (Phi) is 38.8. The van der Waals surface area contributed by atoms with E-state index >= 15 is 24.0 Å². The number of carbonyl (C=O) groups excluding carboxylic acids is 9. The summed E-state index contributed by atoms with van der Waals surface area (Å²) in [6.07, 6.45) is -36.0. The number of ketones is 3. The van der Waals surface area contributed by atoms with Crippen molar-refractivity contribution in [2.75, 3.05) is 26.4 Å². The third kappa shape index (κ3) is 26.7. The van der Waals surface area contributed by atoms with Crippen molar-refractivity contribution in [1.82, 2.24) is 31.9 Å². The number of phenols is 3. The van der Waals surface area contributed by atoms with Crippen LogP contribution in [-0.4, -0.2) is 293 Å². The fraction of sp³-hybridized carbons (Fsp3) is 0.490. The number of fused-ring (bicyclic) bond motifs is 15. The number of hydrogen-bond acceptors (Lipinski definition) is 37. The first-order chi connectivity index (χ1) is 68.8. The SMILES string of the molecule is CC[C@H](CC(C)C)C(=O)N[C@H]1C(=O)C[C@@H](CC(N)=O)C(=O)N[C@H]2C(=O)C[C@H]3C(=O)N[C@H](C(=O)N[C@H](OC=O)c4cc(O)c(CNCCCCC(=O)[C@H](O)[C@@H](O)[C@H](O)[C@H](O)CO)c(O)c4-c4cc3ccc4O)[C@H](O)c3ccc(c(Cl)c3)Oc3cc2cc(c3O[C@@H]2O[C@H](CO)C(O)C(O)[C@H]2O[C@H]2CC(C)(NCc3ccc(-c4ccc(Cl)cc4)cc3)[C@H](O)[C@H](C)O2)Oc2ccc(cc2Cl)[C@H]1O.C[C@@H]1OC(CO)[C@H](O)[C@H](O)C1O. The van der Waals surface area contributed by atoms with Gasteiger partial charge in [-0.3, -0.25) is 43.2 Å². The number of halogens is 3. The fourth-order valence-electron chi connectivity index (χ4n) is 18.2. The van der Waals surface area contributed by atoms with Gasteiger partial charge >= 0.3 is 0 Å². The number of ether oxygens (including phenoxy) is 8. The average Bonchev–Trinajstić information content (AvgIpc) is 0.751. The number of amides is 5. The van der Waals surface area contributed by atoms with Crippen LogP contribution < -0.4 is 51.8 Å². The number of nitrogens with two attached hydrogens (primary N) is 1. The molecule has 788 valence electrons. The molecule has 8 aliphatic heterocycles. The molecule has 3 fully saturated rings. The van der Waals surface area contributed by atoms with Crippen LogP contribution in [0.2, 0.25) is 15.1 Å². The zero-order valence-electron chi connectivity index (χ0n) is 79.5. The van der Waals surface area contributed by atoms with Crippen LogP contribution >= 0.6 is 34.8 Å². The lowest BCUT2D eigenvalue weighted by Gasteiger charge is -2.48. The van der Waals surface area contributed by atoms with E-state index in [-0.39, 0.29) is 97.2 Å². The highest BCUT2D eigenvalue weighted by molar-refractivity contribution is 6.32. The van der Waals surface area contributed by atoms with Gasteiger partial charge in [-0.2, -0.15) is 0 Å². The maximum Gasteiger partial charge on any atom is 0.295 e. The van der Waals surface area contributed by atoms with Crippen LogP contribution in [0.3, 0.4) is 0 Å². The smallest absolute Gasteiger partial charge is 0.295 e. The molecule has 7 aromatic carbocycles. The van der Waals surface area contributed by atoms with E-state index in [0.717, 1.165) is 65.2 Å². The molecule has 27 atom stereocenters. The standard InChI is InChI=1S/C93H108Cl3N7O30.C7H14O5/c1-6-44(25-41(2)3)87(123)101-74-62(110)29-51(32-70(97)113)88(124)100-73-50-30-67(129-65-22-17-48(76(74)114)27-57(65)95)84(133-92-85(83(121)81(119)69(39-105)131-92)132-71-35-93(5,86(122)42(4)128-71)99-36-43-10-12-45(13-11-43)46-14-19-52(94)20-15-46)68(31-50)130-66-23-18-49(28-58(66)96)77(115)75-90(126)103-91(127-40-106)55-34-61(109)56(37-98-24-8-7-9-60(108)79(117)82(120)80(118)64(112)38-104)78(116)72(55)54-26-47(16-21-59(54)107)53(33-63(73)111)89(125)102-75;1-3-5(9)7(11)6(10)4(2-8)12-3/h10-23,26-28,30-31,34,40-42,44,51,53,64,69,71,73-77,79-83,85-86,91-92,98-99,104-105,107,109,112,114-122H,6-9,24-25,29,32-33,35-39H2,1-5H3,(H2,97,113)(H,100,124)(H,101,123)(H,102,125)(H,103,126);3-11H,2H2,1H3/t42-,44+,51-,53+,64+,69+,71-,73+,74-,75-,76+,77+,79-,80+,81?,82+,83?,85+,86+,91+,92-,93?;3-,4?,5?,6-,7+/m00/s1. The number of carbonyl (C=O) groups is 9. The molecule has 5 unspecified atom stereocenters. The molecule has 0 saturated carbocycles. The number of primary amides is 1. The van der Waals surface area contributed by atoms with Crippen LogP contribution in [0, 0.1) is 17.8 Å². The van der Waals surface area contributed by atoms with Crippen LogP contribution in [0.4, 0.5) is 0 Å². The van der Waals surface area contributed by atoms with Gasteiger partial charge in [0.2, 0.25) is 47.8 Å². The van der Waals surface area contributed by atoms with E-state index in [1.807, 2.05) is 50.2 Å². The lowest BCUT2D eigenvalue weighted by atomic mass is 9.84. The summed E-state index contributed by atoms with van der Waals surface area (Å²) in [6, 6.07) is 21.9. The van der Waals surface area contributed by atoms with Crippen LogP contribution in [-0.2, 0) is 79.9 Å². The first-order valence-electron chi connectivity index (χ1n) is 47.1. The summed E-state index contributed by atoms with van der Waals surface area (Å²) >= 11 is 20.6. The number of phenolic OH excluding ortho intramolecular Hbond substituents is 3. The molecule has 8 heterocycles. The number of rotatable bonds is 31. The van der Waals surface area contributed by atoms with Crippen molar-refractivity contribution in [1.29, 1.82) is 0 Å². The van der Waals surface area contributed by atoms with Crippen LogP contribution in [0.15, 0.2) is 121 Å². The summed E-state index contributed by atoms with van der Waals surface area (Å²) in [6.45, 7) is 7.55. The second-order valence-electron chi connectivity index (χ2n) is 37.4. The van der Waals surface area contributed by atoms with Crippen molar-refractivity contribution < 1.29 is 173 Å². The van der Waals surface area contributed by atoms with Gasteiger partial charge in [0.25, 0.3) is 6.47 Å². The van der Waals surface area contributed by atoms with Gasteiger partial charge in [0.05, 0.1) is 65.6 Å². The van der Waals surface area contributed by atoms with Crippen LogP contribution in [0.1, 0.15) is 169 Å². The summed E-state index contributed by atoms with van der Waals surface area (Å²) in [5.41, 5.74) is 4.37. The first kappa shape index (κ1) is 113. The molecule has 0 spiro atoms. The minimum Gasteiger partial charge on any atom is -0.507 e. The molecule has 145 heavy (non-hydrogen) atoms. The highest BCUT2D eigenvalue weighted by atomic mass is 35.5. The predicted molar refractivity (Wildman–Crippen MR) is 513 cm³/mol. The number of hydrogen-bond donors (Lipinski definition) is 25. The Morgan fingerprint density at radius 2 is 1.25 bits per heavy atom. The Bertz CT molecular complexity index is 5750. The highest BCUT2D eigenvalue weighted by Crippen LogP contribution is 2.52. The average molecular weight is 2090 g/mol. The molecule has 0 aliphatic carbocycles. The van der Waals surface area contributed by atoms with Gasteiger partial charge < -0.3 is 167 Å². The molecule has 45 heteroatoms. The zero-order valence-corrected chi connectivity index (χ0v) is 81.8. The van der Waals surface area contributed by atoms with Crippen molar-refractivity contribution in [2.24, 2.45) is 23.5 Å². The number of aliphatic hydroxyl groups is 15. The molecule has 26 N–H and O–H groups in total. The van der Waals surface area contributed by atoms with E-state index in [1.165, 1.54) is 24.3 Å². The molecule has 3 saturated heterocycles. The molecule has 7 aromatic rings. The van der Waals surface area contributed by atoms with Gasteiger partial charge in [-0.05, 0) is 165 Å². The van der Waals surface area contributed by atoms with E-state index in [0.29, 0.717) is 11.4 Å². The normalized spacial score (nSPS) is 28.1. The van der Waals surface area contributed by atoms with Gasteiger partial charge in [0.15, 0.2) is 41.2 Å². The summed E-state index contributed by atoms with van der Waals surface area (Å²) in [5.74, 6) is -18.7. The van der Waals surface area contributed by atoms with E-state index < -0.39 is 317 Å². The summed E-state index contributed by atoms with van der Waals surface area (Å²) in [4.78, 5) is 132. The Morgan fingerprint density at radius 3 is 1.85 bits per heavy atom. The summed E-state index contributed by atoms with van der Waals surface area (Å²) in [5, 5.41) is 212. The second kappa shape index (κ2) is 49.8. The van der Waals surface area contributed by atoms with Gasteiger partial charge in [0.1, 0.15) is 126 Å². The minimum atomic E-state index is -2.28. The van der Waals surface area contributed by atoms with Crippen LogP contribution in [0.25, 0.3) is 22.3 Å². The largest absolute Gasteiger partial charge is 0.507 e. The highest BCUT2D eigenvalue weighted by Gasteiger charge is 2.53. The maximum atomic E-state index is 16.6. The Morgan fingerprint density at radius 1 is 0.634 bits per heavy atom. The van der Waals surface area contributed by atoms with Crippen molar-refractivity contribution in [3.8, 4) is 68.2 Å². The lowest BCUT2D eigenvalue weighted by Crippen LogP contribution is -2.65. The predicted octanol–water partition coefficient (Wildman–Crippen LogP) is 2.83. The molecule has 15 rings (SSSR count). The quantitative estimate of drug-likeness (QED) is 0.0219. The van der Waals surface area contributed by atoms with Crippen molar-refractivity contribution >= 4 is 88.2 Å². The molecular weight excluding hydrogens is 1970 g/mol. The number of aromatic hydroxyl groups is 3. The van der Waals surface area contributed by atoms with E-state index in [2.05, 4.69) is 31.9 Å². The van der Waals surface area contributed by atoms with Crippen molar-refractivity contribution in [3.05, 3.63) is 175 Å². The summed E-state index contributed by atoms with van der Waals surface area (Å²) < 4.78 is 50.3. The molecule has 42 nitrogen and oxygen atoms in total. The monoisotopic (exact) mass is 2090 g/mol. The lowest BCUT2D eigenvalue weighted by molar-refractivity contribution is -0.334. The van der Waals surface area contributed by atoms with Gasteiger partial charge in [-0.25, -0.2) is 0 Å². The van der Waals surface area contributed by atoms with Gasteiger partial charge in [0, 0.05) is 78.4 Å². The van der Waals surface area contributed by atoms with E-state index in [1.54, 1.807) is 39.8 Å². The Balaban J connectivity index is 0.00000145. The van der Waals surface area contributed by atoms with Crippen molar-refractivity contribution in [2.45, 2.75) is 265 Å².